The van der Waals surface area contributed by atoms with Gasteiger partial charge in [0.15, 0.2) is 5.65 Å². The fourth-order valence-electron chi connectivity index (χ4n) is 4.90. The predicted molar refractivity (Wildman–Crippen MR) is 140 cm³/mol. The van der Waals surface area contributed by atoms with E-state index >= 15 is 0 Å². The molecule has 11 heteroatoms. The molecule has 0 saturated carbocycles. The topological polar surface area (TPSA) is 91.0 Å². The Morgan fingerprint density at radius 3 is 2.38 bits per heavy atom. The molecule has 0 spiro atoms. The number of amides is 1. The van der Waals surface area contributed by atoms with E-state index in [1.165, 1.54) is 33.9 Å². The summed E-state index contributed by atoms with van der Waals surface area (Å²) in [5.74, 6) is 0.517. The Balaban J connectivity index is 1.17. The normalized spacial score (nSPS) is 13.0. The van der Waals surface area contributed by atoms with E-state index in [2.05, 4.69) is 15.4 Å². The Labute approximate surface area is 225 Å². The van der Waals surface area contributed by atoms with Crippen LogP contribution in [0.15, 0.2) is 90.1 Å². The number of carbonyl (C=O) groups is 1. The zero-order chi connectivity index (χ0) is 27.9. The van der Waals surface area contributed by atoms with Crippen LogP contribution >= 0.6 is 0 Å². The summed E-state index contributed by atoms with van der Waals surface area (Å²) in [5, 5.41) is 7.44. The maximum Gasteiger partial charge on any atom is 0.416 e. The number of hydrogen-bond acceptors (Lipinski definition) is 5. The molecule has 1 N–H and O–H groups in total. The van der Waals surface area contributed by atoms with Crippen molar-refractivity contribution in [1.82, 2.24) is 24.6 Å². The van der Waals surface area contributed by atoms with E-state index in [-0.39, 0.29) is 30.9 Å². The summed E-state index contributed by atoms with van der Waals surface area (Å²) < 4.78 is 47.9. The first kappa shape index (κ1) is 25.4. The molecule has 1 aliphatic rings. The largest absolute Gasteiger partial charge is 0.457 e. The van der Waals surface area contributed by atoms with Crippen molar-refractivity contribution in [1.29, 1.82) is 0 Å². The summed E-state index contributed by atoms with van der Waals surface area (Å²) in [6.45, 7) is 0.416. The zero-order valence-electron chi connectivity index (χ0n) is 20.9. The fourth-order valence-corrected chi connectivity index (χ4v) is 4.90. The van der Waals surface area contributed by atoms with Crippen LogP contribution in [0.25, 0.3) is 11.0 Å². The molecule has 0 aliphatic carbocycles. The van der Waals surface area contributed by atoms with Crippen LogP contribution in [-0.4, -0.2) is 31.8 Å². The summed E-state index contributed by atoms with van der Waals surface area (Å²) in [4.78, 5) is 30.7. The first-order valence-corrected chi connectivity index (χ1v) is 12.5. The molecule has 0 saturated heterocycles. The highest BCUT2D eigenvalue weighted by atomic mass is 19.4. The van der Waals surface area contributed by atoms with Gasteiger partial charge in [-0.2, -0.15) is 18.3 Å². The van der Waals surface area contributed by atoms with E-state index in [0.29, 0.717) is 22.7 Å². The molecule has 6 rings (SSSR count). The fraction of sp³-hybridized carbons (Fsp3) is 0.172. The van der Waals surface area contributed by atoms with Crippen LogP contribution in [0.3, 0.4) is 0 Å². The monoisotopic (exact) mass is 545 g/mol. The molecular weight excluding hydrogens is 523 g/mol. The maximum atomic E-state index is 13.3. The van der Waals surface area contributed by atoms with Gasteiger partial charge in [0.25, 0.3) is 5.56 Å². The molecule has 0 fully saturated rings. The number of carbonyl (C=O) groups excluding carboxylic acids is 1. The molecule has 3 aromatic carbocycles. The number of hydrogen-bond donors (Lipinski definition) is 1. The third kappa shape index (κ3) is 4.70. The second-order valence-electron chi connectivity index (χ2n) is 9.38. The number of alkyl halides is 3. The van der Waals surface area contributed by atoms with Gasteiger partial charge in [-0.05, 0) is 29.8 Å². The smallest absolute Gasteiger partial charge is 0.416 e. The SMILES string of the molecule is O=C(NCCn1ncc2c(=O)n(Cc3cccc(C(F)(F)F)c3)cnc21)C1c2ccccc2Oc2ccccc21. The zero-order valence-corrected chi connectivity index (χ0v) is 20.9. The van der Waals surface area contributed by atoms with E-state index in [1.807, 2.05) is 48.5 Å². The van der Waals surface area contributed by atoms with Crippen LogP contribution in [0, 0.1) is 0 Å². The summed E-state index contributed by atoms with van der Waals surface area (Å²) in [6.07, 6.45) is -1.81. The molecular formula is C29H22F3N5O3. The molecule has 2 aromatic heterocycles. The lowest BCUT2D eigenvalue weighted by atomic mass is 9.87. The summed E-state index contributed by atoms with van der Waals surface area (Å²) in [7, 11) is 0. The van der Waals surface area contributed by atoms with Gasteiger partial charge < -0.3 is 10.1 Å². The maximum absolute atomic E-state index is 13.3. The van der Waals surface area contributed by atoms with Crippen LogP contribution in [0.1, 0.15) is 28.2 Å². The quantitative estimate of drug-likeness (QED) is 0.334. The number of nitrogens with one attached hydrogen (secondary N) is 1. The van der Waals surface area contributed by atoms with Gasteiger partial charge in [-0.1, -0.05) is 48.5 Å². The molecule has 0 radical (unpaired) electrons. The minimum absolute atomic E-state index is 0.0685. The third-order valence-corrected chi connectivity index (χ3v) is 6.79. The molecule has 0 atom stereocenters. The first-order valence-electron chi connectivity index (χ1n) is 12.5. The van der Waals surface area contributed by atoms with Crippen molar-refractivity contribution >= 4 is 16.9 Å². The minimum Gasteiger partial charge on any atom is -0.457 e. The average Bonchev–Trinajstić information content (AvgIpc) is 3.36. The van der Waals surface area contributed by atoms with Crippen molar-refractivity contribution in [3.05, 3.63) is 118 Å². The van der Waals surface area contributed by atoms with Gasteiger partial charge in [0.05, 0.1) is 30.8 Å². The van der Waals surface area contributed by atoms with Gasteiger partial charge in [0, 0.05) is 17.7 Å². The number of nitrogens with zero attached hydrogens (tertiary/aromatic N) is 4. The Kier molecular flexibility index (Phi) is 6.33. The van der Waals surface area contributed by atoms with Crippen LogP contribution in [0.5, 0.6) is 11.5 Å². The second-order valence-corrected chi connectivity index (χ2v) is 9.38. The number of fused-ring (bicyclic) bond motifs is 3. The lowest BCUT2D eigenvalue weighted by Crippen LogP contribution is -2.34. The van der Waals surface area contributed by atoms with Crippen molar-refractivity contribution in [3.8, 4) is 11.5 Å². The molecule has 3 heterocycles. The van der Waals surface area contributed by atoms with Crippen LogP contribution < -0.4 is 15.6 Å². The van der Waals surface area contributed by atoms with Crippen molar-refractivity contribution in [2.45, 2.75) is 25.2 Å². The molecule has 202 valence electrons. The van der Waals surface area contributed by atoms with E-state index in [9.17, 15) is 22.8 Å². The van der Waals surface area contributed by atoms with E-state index in [1.54, 1.807) is 0 Å². The Morgan fingerprint density at radius 1 is 0.975 bits per heavy atom. The Hall–Kier alpha value is -4.93. The summed E-state index contributed by atoms with van der Waals surface area (Å²) in [5.41, 5.74) is 0.978. The van der Waals surface area contributed by atoms with Crippen LogP contribution in [-0.2, 0) is 24.1 Å². The standard InChI is InChI=1S/C29H22F3N5O3/c30-29(31,32)19-7-5-6-18(14-19)16-36-17-34-26-22(28(36)39)15-35-37(26)13-12-33-27(38)25-20-8-1-3-10-23(20)40-24-11-4-2-9-21(24)25/h1-11,14-15,17,25H,12-13,16H2,(H,33,38). The Bertz CT molecular complexity index is 1750. The van der Waals surface area contributed by atoms with Gasteiger partial charge >= 0.3 is 6.18 Å². The van der Waals surface area contributed by atoms with Gasteiger partial charge in [0.1, 0.15) is 23.2 Å². The number of rotatable bonds is 6. The van der Waals surface area contributed by atoms with Crippen molar-refractivity contribution in [3.63, 3.8) is 0 Å². The van der Waals surface area contributed by atoms with Crippen molar-refractivity contribution in [2.24, 2.45) is 0 Å². The number of halogens is 3. The van der Waals surface area contributed by atoms with Crippen LogP contribution in [0.2, 0.25) is 0 Å². The van der Waals surface area contributed by atoms with Gasteiger partial charge in [0.2, 0.25) is 5.91 Å². The molecule has 40 heavy (non-hydrogen) atoms. The Morgan fingerprint density at radius 2 is 1.68 bits per heavy atom. The van der Waals surface area contributed by atoms with Gasteiger partial charge in [-0.15, -0.1) is 0 Å². The van der Waals surface area contributed by atoms with E-state index < -0.39 is 23.2 Å². The van der Waals surface area contributed by atoms with Crippen LogP contribution in [0.4, 0.5) is 13.2 Å². The third-order valence-electron chi connectivity index (χ3n) is 6.79. The van der Waals surface area contributed by atoms with Gasteiger partial charge in [-0.25, -0.2) is 9.67 Å². The van der Waals surface area contributed by atoms with Gasteiger partial charge in [-0.3, -0.25) is 14.2 Å². The number of aromatic nitrogens is 4. The lowest BCUT2D eigenvalue weighted by Gasteiger charge is -2.27. The van der Waals surface area contributed by atoms with Crippen molar-refractivity contribution < 1.29 is 22.7 Å². The van der Waals surface area contributed by atoms with E-state index in [0.717, 1.165) is 23.3 Å². The number of ether oxygens (including phenoxy) is 1. The average molecular weight is 546 g/mol. The highest BCUT2D eigenvalue weighted by Gasteiger charge is 2.32. The molecule has 8 nitrogen and oxygen atoms in total. The molecule has 0 bridgehead atoms. The molecule has 0 unspecified atom stereocenters. The lowest BCUT2D eigenvalue weighted by molar-refractivity contribution is -0.137. The summed E-state index contributed by atoms with van der Waals surface area (Å²) >= 11 is 0. The predicted octanol–water partition coefficient (Wildman–Crippen LogP) is 4.71. The number of benzene rings is 3. The molecule has 1 amide bonds. The van der Waals surface area contributed by atoms with E-state index in [4.69, 9.17) is 4.74 Å². The summed E-state index contributed by atoms with van der Waals surface area (Å²) in [6, 6.07) is 19.6. The first-order chi connectivity index (χ1) is 19.3. The minimum atomic E-state index is -4.47. The highest BCUT2D eigenvalue weighted by molar-refractivity contribution is 5.89. The molecule has 5 aromatic rings. The number of para-hydroxylation sites is 2. The molecule has 1 aliphatic heterocycles. The second kappa shape index (κ2) is 9.99. The van der Waals surface area contributed by atoms with Crippen molar-refractivity contribution in [2.75, 3.05) is 6.54 Å². The highest BCUT2D eigenvalue weighted by Crippen LogP contribution is 2.43.